The molecule has 4 rings (SSSR count). The monoisotopic (exact) mass is 578 g/mol. The van der Waals surface area contributed by atoms with Crippen molar-refractivity contribution in [1.82, 2.24) is 4.72 Å². The number of hydrazone groups is 1. The Kier molecular flexibility index (Phi) is 8.23. The maximum Gasteiger partial charge on any atom is 0.263 e. The van der Waals surface area contributed by atoms with Gasteiger partial charge in [0.2, 0.25) is 0 Å². The number of benzene rings is 3. The maximum atomic E-state index is 13.2. The fourth-order valence-corrected chi connectivity index (χ4v) is 5.45. The minimum atomic E-state index is -4.06. The minimum Gasteiger partial charge on any atom is -0.265 e. The third kappa shape index (κ3) is 7.10. The summed E-state index contributed by atoms with van der Waals surface area (Å²) in [6.45, 7) is -0.132. The highest BCUT2D eigenvalue weighted by Gasteiger charge is 2.33. The summed E-state index contributed by atoms with van der Waals surface area (Å²) in [6.07, 6.45) is 1.42. The third-order valence-electron chi connectivity index (χ3n) is 5.55. The van der Waals surface area contributed by atoms with Gasteiger partial charge in [0.15, 0.2) is 5.84 Å². The largest absolute Gasteiger partial charge is 0.265 e. The van der Waals surface area contributed by atoms with Crippen molar-refractivity contribution in [3.05, 3.63) is 94.5 Å². The van der Waals surface area contributed by atoms with Gasteiger partial charge in [-0.25, -0.2) is 16.8 Å². The number of sulfonamides is 1. The summed E-state index contributed by atoms with van der Waals surface area (Å²) in [5, 5.41) is 7.48. The lowest BCUT2D eigenvalue weighted by Gasteiger charge is -2.24. The van der Waals surface area contributed by atoms with Crippen LogP contribution in [0.5, 0.6) is 0 Å². The van der Waals surface area contributed by atoms with Crippen LogP contribution >= 0.6 is 23.2 Å². The summed E-state index contributed by atoms with van der Waals surface area (Å²) < 4.78 is 52.3. The van der Waals surface area contributed by atoms with Crippen LogP contribution < -0.4 is 9.73 Å². The molecule has 8 nitrogen and oxygen atoms in total. The van der Waals surface area contributed by atoms with Crippen molar-refractivity contribution in [2.45, 2.75) is 17.4 Å². The molecule has 3 aromatic carbocycles. The third-order valence-corrected chi connectivity index (χ3v) is 8.33. The van der Waals surface area contributed by atoms with Crippen LogP contribution in [0.3, 0.4) is 0 Å². The van der Waals surface area contributed by atoms with E-state index in [1.165, 1.54) is 24.3 Å². The molecule has 1 atom stereocenters. The first kappa shape index (κ1) is 27.1. The zero-order valence-electron chi connectivity index (χ0n) is 19.8. The first-order valence-corrected chi connectivity index (χ1v) is 15.5. The Morgan fingerprint density at radius 3 is 2.14 bits per heavy atom. The zero-order chi connectivity index (χ0) is 26.6. The number of amidine groups is 1. The number of sulfone groups is 1. The molecule has 0 saturated carbocycles. The van der Waals surface area contributed by atoms with Crippen LogP contribution in [-0.4, -0.2) is 46.9 Å². The molecular weight excluding hydrogens is 555 g/mol. The SMILES string of the molecule is CS(=O)(=O)CCN=C(NS(=O)(=O)c1ccc(Cl)cc1)C1=NN(c2ccc(Cl)cc2)C(c2ccccc2)C1. The lowest BCUT2D eigenvalue weighted by atomic mass is 10.0. The summed E-state index contributed by atoms with van der Waals surface area (Å²) >= 11 is 12.0. The van der Waals surface area contributed by atoms with E-state index in [1.54, 1.807) is 17.1 Å². The minimum absolute atomic E-state index is 0.0134. The highest BCUT2D eigenvalue weighted by atomic mass is 35.5. The number of halogens is 2. The van der Waals surface area contributed by atoms with Gasteiger partial charge in [0, 0.05) is 22.7 Å². The quantitative estimate of drug-likeness (QED) is 0.307. The molecule has 0 spiro atoms. The number of anilines is 1. The van der Waals surface area contributed by atoms with Gasteiger partial charge in [-0.3, -0.25) is 14.7 Å². The first-order chi connectivity index (χ1) is 17.5. The Bertz CT molecular complexity index is 1530. The van der Waals surface area contributed by atoms with Gasteiger partial charge in [-0.2, -0.15) is 5.10 Å². The Morgan fingerprint density at radius 1 is 0.946 bits per heavy atom. The summed E-state index contributed by atoms with van der Waals surface area (Å²) in [4.78, 5) is 4.32. The highest BCUT2D eigenvalue weighted by Crippen LogP contribution is 2.36. The maximum absolute atomic E-state index is 13.2. The number of rotatable bonds is 8. The Morgan fingerprint density at radius 2 is 1.54 bits per heavy atom. The first-order valence-electron chi connectivity index (χ1n) is 11.2. The number of hydrogen-bond donors (Lipinski definition) is 1. The van der Waals surface area contributed by atoms with Crippen LogP contribution in [0.25, 0.3) is 0 Å². The van der Waals surface area contributed by atoms with Crippen LogP contribution in [0, 0.1) is 0 Å². The van der Waals surface area contributed by atoms with E-state index >= 15 is 0 Å². The summed E-state index contributed by atoms with van der Waals surface area (Å²) in [5.41, 5.74) is 2.09. The lowest BCUT2D eigenvalue weighted by Crippen LogP contribution is -2.36. The average molecular weight is 580 g/mol. The second kappa shape index (κ2) is 11.2. The van der Waals surface area contributed by atoms with Crippen molar-refractivity contribution in [1.29, 1.82) is 0 Å². The molecule has 3 aromatic rings. The molecule has 0 bridgehead atoms. The topological polar surface area (TPSA) is 108 Å². The molecule has 1 aliphatic rings. The van der Waals surface area contributed by atoms with Crippen molar-refractivity contribution in [3.63, 3.8) is 0 Å². The summed E-state index contributed by atoms with van der Waals surface area (Å²) in [7, 11) is -7.37. The molecule has 1 unspecified atom stereocenters. The van der Waals surface area contributed by atoms with Gasteiger partial charge in [-0.1, -0.05) is 53.5 Å². The molecule has 1 aliphatic heterocycles. The summed E-state index contributed by atoms with van der Waals surface area (Å²) in [5.74, 6) is -0.258. The standard InChI is InChI=1S/C25H24Cl2N4O4S2/c1-36(32,33)16-15-28-25(30-37(34,35)22-13-9-20(27)10-14-22)23-17-24(18-5-3-2-4-6-18)31(29-23)21-11-7-19(26)8-12-21/h2-14,24H,15-17H2,1H3,(H,28,30). The molecule has 0 saturated heterocycles. The molecule has 12 heteroatoms. The lowest BCUT2D eigenvalue weighted by molar-refractivity contribution is 0.592. The van der Waals surface area contributed by atoms with E-state index in [0.717, 1.165) is 17.5 Å². The smallest absolute Gasteiger partial charge is 0.263 e. The van der Waals surface area contributed by atoms with E-state index in [4.69, 9.17) is 28.3 Å². The van der Waals surface area contributed by atoms with E-state index < -0.39 is 19.9 Å². The Balaban J connectivity index is 1.74. The van der Waals surface area contributed by atoms with Crippen LogP contribution in [-0.2, 0) is 19.9 Å². The van der Waals surface area contributed by atoms with E-state index in [-0.39, 0.29) is 29.1 Å². The normalized spacial score (nSPS) is 16.5. The van der Waals surface area contributed by atoms with Crippen LogP contribution in [0.4, 0.5) is 5.69 Å². The molecule has 0 aliphatic carbocycles. The summed E-state index contributed by atoms with van der Waals surface area (Å²) in [6, 6.07) is 22.2. The fraction of sp³-hybridized carbons (Fsp3) is 0.200. The van der Waals surface area contributed by atoms with E-state index in [2.05, 4.69) is 9.71 Å². The predicted octanol–water partition coefficient (Wildman–Crippen LogP) is 4.72. The zero-order valence-corrected chi connectivity index (χ0v) is 22.9. The van der Waals surface area contributed by atoms with Crippen LogP contribution in [0.1, 0.15) is 18.0 Å². The second-order valence-electron chi connectivity index (χ2n) is 8.42. The Labute approximate surface area is 226 Å². The van der Waals surface area contributed by atoms with Crippen LogP contribution in [0.15, 0.2) is 93.9 Å². The molecule has 0 aromatic heterocycles. The fourth-order valence-electron chi connectivity index (χ4n) is 3.73. The Hall–Kier alpha value is -2.92. The van der Waals surface area contributed by atoms with Gasteiger partial charge in [0.1, 0.15) is 15.5 Å². The van der Waals surface area contributed by atoms with Crippen molar-refractivity contribution in [2.24, 2.45) is 10.1 Å². The number of nitrogens with zero attached hydrogens (tertiary/aromatic N) is 3. The van der Waals surface area contributed by atoms with Gasteiger partial charge >= 0.3 is 0 Å². The molecule has 37 heavy (non-hydrogen) atoms. The molecule has 1 N–H and O–H groups in total. The molecular formula is C25H24Cl2N4O4S2. The number of nitrogens with one attached hydrogen (secondary N) is 1. The van der Waals surface area contributed by atoms with Crippen molar-refractivity contribution in [3.8, 4) is 0 Å². The van der Waals surface area contributed by atoms with Crippen molar-refractivity contribution < 1.29 is 16.8 Å². The second-order valence-corrected chi connectivity index (χ2v) is 13.2. The van der Waals surface area contributed by atoms with Crippen molar-refractivity contribution in [2.75, 3.05) is 23.6 Å². The number of hydrogen-bond acceptors (Lipinski definition) is 7. The van der Waals surface area contributed by atoms with Crippen LogP contribution in [0.2, 0.25) is 10.0 Å². The van der Waals surface area contributed by atoms with E-state index in [9.17, 15) is 16.8 Å². The molecule has 0 radical (unpaired) electrons. The van der Waals surface area contributed by atoms with E-state index in [1.807, 2.05) is 42.5 Å². The molecule has 194 valence electrons. The van der Waals surface area contributed by atoms with Gasteiger partial charge < -0.3 is 0 Å². The van der Waals surface area contributed by atoms with Gasteiger partial charge in [0.25, 0.3) is 10.0 Å². The van der Waals surface area contributed by atoms with Gasteiger partial charge in [-0.15, -0.1) is 0 Å². The number of aliphatic imine (C=N–C) groups is 1. The molecule has 0 amide bonds. The molecule has 0 fully saturated rings. The predicted molar refractivity (Wildman–Crippen MR) is 149 cm³/mol. The highest BCUT2D eigenvalue weighted by molar-refractivity contribution is 7.90. The van der Waals surface area contributed by atoms with Gasteiger partial charge in [-0.05, 0) is 54.1 Å². The van der Waals surface area contributed by atoms with Crippen molar-refractivity contribution >= 4 is 60.3 Å². The van der Waals surface area contributed by atoms with E-state index in [0.29, 0.717) is 22.2 Å². The molecule has 1 heterocycles. The average Bonchev–Trinajstić information content (AvgIpc) is 3.29. The van der Waals surface area contributed by atoms with Gasteiger partial charge in [0.05, 0.1) is 28.9 Å².